The number of nitrogens with zero attached hydrogens (tertiary/aromatic N) is 3. The molecule has 146 valence electrons. The van der Waals surface area contributed by atoms with Crippen LogP contribution in [0.2, 0.25) is 0 Å². The van der Waals surface area contributed by atoms with Gasteiger partial charge in [0.05, 0.1) is 18.9 Å². The molecule has 3 heterocycles. The van der Waals surface area contributed by atoms with Crippen molar-refractivity contribution in [2.24, 2.45) is 4.99 Å². The summed E-state index contributed by atoms with van der Waals surface area (Å²) >= 11 is 0. The Morgan fingerprint density at radius 3 is 2.92 bits per heavy atom. The van der Waals surface area contributed by atoms with E-state index in [2.05, 4.69) is 29.0 Å². The van der Waals surface area contributed by atoms with E-state index in [4.69, 9.17) is 14.1 Å². The predicted molar refractivity (Wildman–Crippen MR) is 105 cm³/mol. The van der Waals surface area contributed by atoms with Gasteiger partial charge in [0.2, 0.25) is 0 Å². The van der Waals surface area contributed by atoms with Crippen molar-refractivity contribution in [1.29, 1.82) is 0 Å². The Labute approximate surface area is 157 Å². The second-order valence-corrected chi connectivity index (χ2v) is 7.17. The molecule has 0 radical (unpaired) electrons. The fourth-order valence-electron chi connectivity index (χ4n) is 3.97. The van der Waals surface area contributed by atoms with Crippen molar-refractivity contribution in [2.45, 2.75) is 51.7 Å². The van der Waals surface area contributed by atoms with Crippen molar-refractivity contribution in [1.82, 2.24) is 15.1 Å². The third kappa shape index (κ3) is 5.24. The Balaban J connectivity index is 1.57. The number of hydrogen-bond donors (Lipinski definition) is 1. The summed E-state index contributed by atoms with van der Waals surface area (Å²) in [6.45, 7) is 11.3. The van der Waals surface area contributed by atoms with Crippen LogP contribution in [0, 0.1) is 0 Å². The number of furan rings is 1. The molecule has 0 amide bonds. The molecule has 6 heteroatoms. The third-order valence-electron chi connectivity index (χ3n) is 5.49. The van der Waals surface area contributed by atoms with Gasteiger partial charge in [-0.05, 0) is 44.5 Å². The first kappa shape index (κ1) is 19.2. The van der Waals surface area contributed by atoms with Gasteiger partial charge in [0.1, 0.15) is 5.76 Å². The maximum absolute atomic E-state index is 5.75. The van der Waals surface area contributed by atoms with Crippen molar-refractivity contribution in [3.63, 3.8) is 0 Å². The molecular formula is C20H34N4O2. The molecule has 1 N–H and O–H groups in total. The van der Waals surface area contributed by atoms with Gasteiger partial charge in [0.25, 0.3) is 0 Å². The molecule has 1 aromatic rings. The summed E-state index contributed by atoms with van der Waals surface area (Å²) < 4.78 is 11.2. The molecule has 0 saturated carbocycles. The number of aliphatic imine (C=N–C) groups is 1. The van der Waals surface area contributed by atoms with Crippen LogP contribution in [0.5, 0.6) is 0 Å². The zero-order valence-corrected chi connectivity index (χ0v) is 16.3. The highest BCUT2D eigenvalue weighted by Crippen LogP contribution is 2.17. The largest absolute Gasteiger partial charge is 0.469 e. The van der Waals surface area contributed by atoms with E-state index in [0.29, 0.717) is 6.04 Å². The lowest BCUT2D eigenvalue weighted by molar-refractivity contribution is 0.117. The Morgan fingerprint density at radius 2 is 2.23 bits per heavy atom. The summed E-state index contributed by atoms with van der Waals surface area (Å²) in [6.07, 6.45) is 6.40. The second kappa shape index (κ2) is 9.97. The highest BCUT2D eigenvalue weighted by atomic mass is 16.5. The minimum atomic E-state index is 0.290. The fourth-order valence-corrected chi connectivity index (χ4v) is 3.97. The molecule has 3 rings (SSSR count). The van der Waals surface area contributed by atoms with Crippen LogP contribution in [-0.4, -0.2) is 73.8 Å². The van der Waals surface area contributed by atoms with Gasteiger partial charge in [-0.15, -0.1) is 0 Å². The molecular weight excluding hydrogens is 328 g/mol. The standard InChI is InChI=1S/C20H34N4O2/c1-3-23(4-2)17-10-12-24(16-17)20(22-15-19-8-6-14-26-19)21-11-9-18-7-5-13-25-18/h5,7,13,17,19H,3-4,6,8-12,14-16H2,1-2H3,(H,21,22). The number of ether oxygens (including phenoxy) is 1. The number of nitrogens with one attached hydrogen (secondary N) is 1. The van der Waals surface area contributed by atoms with Crippen molar-refractivity contribution in [3.8, 4) is 0 Å². The summed E-state index contributed by atoms with van der Waals surface area (Å²) in [7, 11) is 0. The summed E-state index contributed by atoms with van der Waals surface area (Å²) in [4.78, 5) is 9.88. The number of rotatable bonds is 8. The van der Waals surface area contributed by atoms with E-state index < -0.39 is 0 Å². The Kier molecular flexibility index (Phi) is 7.38. The van der Waals surface area contributed by atoms with E-state index in [1.54, 1.807) is 6.26 Å². The summed E-state index contributed by atoms with van der Waals surface area (Å²) in [5.41, 5.74) is 0. The van der Waals surface area contributed by atoms with Crippen LogP contribution in [0.25, 0.3) is 0 Å². The molecule has 2 fully saturated rings. The van der Waals surface area contributed by atoms with E-state index in [9.17, 15) is 0 Å². The quantitative estimate of drug-likeness (QED) is 0.568. The van der Waals surface area contributed by atoms with Crippen LogP contribution < -0.4 is 5.32 Å². The van der Waals surface area contributed by atoms with Crippen LogP contribution in [0.3, 0.4) is 0 Å². The van der Waals surface area contributed by atoms with Gasteiger partial charge < -0.3 is 19.4 Å². The zero-order chi connectivity index (χ0) is 18.2. The maximum atomic E-state index is 5.75. The monoisotopic (exact) mass is 362 g/mol. The molecule has 2 unspecified atom stereocenters. The molecule has 0 aromatic carbocycles. The van der Waals surface area contributed by atoms with Crippen molar-refractivity contribution in [2.75, 3.05) is 45.9 Å². The lowest BCUT2D eigenvalue weighted by Crippen LogP contribution is -2.44. The van der Waals surface area contributed by atoms with E-state index in [1.807, 2.05) is 12.1 Å². The second-order valence-electron chi connectivity index (χ2n) is 7.17. The van der Waals surface area contributed by atoms with Crippen molar-refractivity contribution >= 4 is 5.96 Å². The van der Waals surface area contributed by atoms with Crippen LogP contribution >= 0.6 is 0 Å². The molecule has 0 spiro atoms. The van der Waals surface area contributed by atoms with Crippen molar-refractivity contribution in [3.05, 3.63) is 24.2 Å². The number of guanidine groups is 1. The SMILES string of the molecule is CCN(CC)C1CCN(C(=NCC2CCCO2)NCCc2ccco2)C1. The third-order valence-corrected chi connectivity index (χ3v) is 5.49. The van der Waals surface area contributed by atoms with Crippen LogP contribution in [0.4, 0.5) is 0 Å². The first-order valence-corrected chi connectivity index (χ1v) is 10.2. The van der Waals surface area contributed by atoms with E-state index in [-0.39, 0.29) is 6.10 Å². The normalized spacial score (nSPS) is 24.0. The van der Waals surface area contributed by atoms with E-state index in [1.165, 1.54) is 6.42 Å². The summed E-state index contributed by atoms with van der Waals surface area (Å²) in [6, 6.07) is 4.60. The molecule has 2 saturated heterocycles. The van der Waals surface area contributed by atoms with Crippen LogP contribution in [0.1, 0.15) is 38.9 Å². The van der Waals surface area contributed by atoms with Gasteiger partial charge in [-0.2, -0.15) is 0 Å². The average molecular weight is 363 g/mol. The zero-order valence-electron chi connectivity index (χ0n) is 16.3. The molecule has 2 aliphatic heterocycles. The lowest BCUT2D eigenvalue weighted by atomic mass is 10.2. The van der Waals surface area contributed by atoms with Gasteiger partial charge in [-0.25, -0.2) is 0 Å². The Morgan fingerprint density at radius 1 is 1.35 bits per heavy atom. The fraction of sp³-hybridized carbons (Fsp3) is 0.750. The smallest absolute Gasteiger partial charge is 0.194 e. The van der Waals surface area contributed by atoms with Gasteiger partial charge in [-0.3, -0.25) is 9.89 Å². The van der Waals surface area contributed by atoms with Crippen molar-refractivity contribution < 1.29 is 9.15 Å². The lowest BCUT2D eigenvalue weighted by Gasteiger charge is -2.27. The molecule has 0 aliphatic carbocycles. The number of likely N-dealkylation sites (tertiary alicyclic amines) is 1. The molecule has 6 nitrogen and oxygen atoms in total. The first-order valence-electron chi connectivity index (χ1n) is 10.2. The Hall–Kier alpha value is -1.53. The van der Waals surface area contributed by atoms with Crippen LogP contribution in [0.15, 0.2) is 27.8 Å². The number of likely N-dealkylation sites (N-methyl/N-ethyl adjacent to an activating group) is 1. The van der Waals surface area contributed by atoms with E-state index >= 15 is 0 Å². The molecule has 2 atom stereocenters. The van der Waals surface area contributed by atoms with Gasteiger partial charge in [0.15, 0.2) is 5.96 Å². The van der Waals surface area contributed by atoms with Gasteiger partial charge >= 0.3 is 0 Å². The minimum absolute atomic E-state index is 0.290. The van der Waals surface area contributed by atoms with Gasteiger partial charge in [-0.1, -0.05) is 13.8 Å². The predicted octanol–water partition coefficient (Wildman–Crippen LogP) is 2.36. The summed E-state index contributed by atoms with van der Waals surface area (Å²) in [5.74, 6) is 2.04. The van der Waals surface area contributed by atoms with Gasteiger partial charge in [0, 0.05) is 38.7 Å². The number of hydrogen-bond acceptors (Lipinski definition) is 4. The minimum Gasteiger partial charge on any atom is -0.469 e. The Bertz CT molecular complexity index is 536. The van der Waals surface area contributed by atoms with E-state index in [0.717, 1.165) is 76.9 Å². The molecule has 2 aliphatic rings. The first-order chi connectivity index (χ1) is 12.8. The van der Waals surface area contributed by atoms with Crippen LogP contribution in [-0.2, 0) is 11.2 Å². The average Bonchev–Trinajstić information content (AvgIpc) is 3.41. The topological polar surface area (TPSA) is 53.2 Å². The summed E-state index contributed by atoms with van der Waals surface area (Å²) in [5, 5.41) is 3.56. The molecule has 26 heavy (non-hydrogen) atoms. The highest BCUT2D eigenvalue weighted by molar-refractivity contribution is 5.80. The maximum Gasteiger partial charge on any atom is 0.194 e. The molecule has 0 bridgehead atoms. The molecule has 1 aromatic heterocycles. The highest BCUT2D eigenvalue weighted by Gasteiger charge is 2.28.